The molecule has 0 nitrogen and oxygen atoms in total. The Balaban J connectivity index is 0.000000216. The van der Waals surface area contributed by atoms with E-state index in [0.717, 1.165) is 12.3 Å². The SMILES string of the molecule is [Cl][Pd+].[Cl][Pd+].[c-]1ccccc1CP(c1ccccc1)c1ccccc1.[c-]1ccccc1CP(c1ccccc1)c1ccccc1. The summed E-state index contributed by atoms with van der Waals surface area (Å²) < 4.78 is 0. The van der Waals surface area contributed by atoms with E-state index in [4.69, 9.17) is 0 Å². The predicted octanol–water partition coefficient (Wildman–Crippen LogP) is 9.61. The third kappa shape index (κ3) is 12.5. The van der Waals surface area contributed by atoms with Crippen LogP contribution >= 0.6 is 34.9 Å². The van der Waals surface area contributed by atoms with Gasteiger partial charge in [-0.2, -0.15) is 71.8 Å². The zero-order chi connectivity index (χ0) is 31.2. The van der Waals surface area contributed by atoms with Crippen LogP contribution in [0.2, 0.25) is 0 Å². The van der Waals surface area contributed by atoms with Gasteiger partial charge in [-0.15, -0.1) is 0 Å². The van der Waals surface area contributed by atoms with Gasteiger partial charge in [-0.1, -0.05) is 121 Å². The van der Waals surface area contributed by atoms with Gasteiger partial charge in [-0.3, -0.25) is 0 Å². The first-order valence-corrected chi connectivity index (χ1v) is 20.8. The summed E-state index contributed by atoms with van der Waals surface area (Å²) in [5.74, 6) is 0. The van der Waals surface area contributed by atoms with E-state index in [1.807, 2.05) is 24.3 Å². The average molecular weight is 834 g/mol. The maximum atomic E-state index is 4.49. The Morgan fingerprint density at radius 3 is 0.841 bits per heavy atom. The molecule has 0 aromatic heterocycles. The van der Waals surface area contributed by atoms with Crippen LogP contribution in [0.5, 0.6) is 0 Å². The molecule has 0 unspecified atom stereocenters. The van der Waals surface area contributed by atoms with E-state index >= 15 is 0 Å². The first kappa shape index (κ1) is 36.6. The normalized spacial score (nSPS) is 10.0. The van der Waals surface area contributed by atoms with Gasteiger partial charge in [0.15, 0.2) is 0 Å². The summed E-state index contributed by atoms with van der Waals surface area (Å²) in [6, 6.07) is 66.5. The van der Waals surface area contributed by atoms with E-state index in [1.165, 1.54) is 32.3 Å². The number of halogens is 2. The predicted molar refractivity (Wildman–Crippen MR) is 188 cm³/mol. The third-order valence-electron chi connectivity index (χ3n) is 6.48. The second-order valence-corrected chi connectivity index (χ2v) is 13.7. The van der Waals surface area contributed by atoms with Gasteiger partial charge in [-0.25, -0.2) is 0 Å². The molecule has 0 heterocycles. The fourth-order valence-electron chi connectivity index (χ4n) is 4.49. The second kappa shape index (κ2) is 22.6. The van der Waals surface area contributed by atoms with Gasteiger partial charge >= 0.3 is 55.4 Å². The topological polar surface area (TPSA) is 0 Å². The molecule has 0 spiro atoms. The van der Waals surface area contributed by atoms with Crippen LogP contribution in [0.4, 0.5) is 0 Å². The van der Waals surface area contributed by atoms with Crippen LogP contribution in [0.1, 0.15) is 11.1 Å². The van der Waals surface area contributed by atoms with Gasteiger partial charge in [0.05, 0.1) is 0 Å². The van der Waals surface area contributed by atoms with Crippen molar-refractivity contribution in [2.45, 2.75) is 12.3 Å². The van der Waals surface area contributed by atoms with Gasteiger partial charge in [0.2, 0.25) is 0 Å². The van der Waals surface area contributed by atoms with Gasteiger partial charge in [0.25, 0.3) is 0 Å². The molecular formula is C38H32Cl2P2Pd2. The number of hydrogen-bond donors (Lipinski definition) is 0. The molecule has 0 fully saturated rings. The van der Waals surface area contributed by atoms with Crippen LogP contribution in [0, 0.1) is 12.1 Å². The molecule has 44 heavy (non-hydrogen) atoms. The molecule has 0 N–H and O–H groups in total. The van der Waals surface area contributed by atoms with Crippen molar-refractivity contribution in [3.8, 4) is 0 Å². The van der Waals surface area contributed by atoms with Crippen molar-refractivity contribution in [3.05, 3.63) is 193 Å². The summed E-state index contributed by atoms with van der Waals surface area (Å²) in [5.41, 5.74) is 2.57. The molecule has 6 rings (SSSR count). The monoisotopic (exact) mass is 832 g/mol. The molecule has 0 saturated carbocycles. The fourth-order valence-corrected chi connectivity index (χ4v) is 9.02. The molecule has 6 aromatic carbocycles. The first-order valence-electron chi connectivity index (χ1n) is 13.8. The molecule has 6 aromatic rings. The molecule has 0 aliphatic carbocycles. The fraction of sp³-hybridized carbons (Fsp3) is 0.0526. The largest absolute Gasteiger partial charge is 0.180 e. The summed E-state index contributed by atoms with van der Waals surface area (Å²) in [6.45, 7) is 0. The Morgan fingerprint density at radius 1 is 0.364 bits per heavy atom. The van der Waals surface area contributed by atoms with Crippen LogP contribution in [-0.4, -0.2) is 0 Å². The molecule has 0 aliphatic heterocycles. The molecule has 0 bridgehead atoms. The molecular weight excluding hydrogens is 802 g/mol. The van der Waals surface area contributed by atoms with Crippen molar-refractivity contribution in [1.82, 2.24) is 0 Å². The minimum absolute atomic E-state index is 0.358. The van der Waals surface area contributed by atoms with E-state index in [-0.39, 0.29) is 15.8 Å². The quantitative estimate of drug-likeness (QED) is 0.0815. The summed E-state index contributed by atoms with van der Waals surface area (Å²) in [4.78, 5) is 0. The summed E-state index contributed by atoms with van der Waals surface area (Å²) in [5, 5.41) is 5.69. The van der Waals surface area contributed by atoms with Gasteiger partial charge in [-0.05, 0) is 49.4 Å². The molecule has 0 saturated heterocycles. The molecule has 0 amide bonds. The van der Waals surface area contributed by atoms with Crippen molar-refractivity contribution in [2.75, 3.05) is 0 Å². The Bertz CT molecular complexity index is 1330. The van der Waals surface area contributed by atoms with Crippen LogP contribution < -0.4 is 21.2 Å². The van der Waals surface area contributed by atoms with Crippen molar-refractivity contribution in [3.63, 3.8) is 0 Å². The first-order chi connectivity index (χ1) is 21.9. The Labute approximate surface area is 295 Å². The maximum Gasteiger partial charge on any atom is -0.0193 e. The molecule has 0 atom stereocenters. The van der Waals surface area contributed by atoms with Crippen LogP contribution in [0.25, 0.3) is 0 Å². The van der Waals surface area contributed by atoms with Crippen molar-refractivity contribution >= 4 is 56.1 Å². The summed E-state index contributed by atoms with van der Waals surface area (Å²) >= 11 is 4.44. The van der Waals surface area contributed by atoms with Crippen molar-refractivity contribution < 1.29 is 36.4 Å². The molecule has 0 radical (unpaired) electrons. The number of benzene rings is 6. The maximum absolute atomic E-state index is 4.49. The van der Waals surface area contributed by atoms with Gasteiger partial charge in [0.1, 0.15) is 0 Å². The second-order valence-electron chi connectivity index (χ2n) is 9.29. The van der Waals surface area contributed by atoms with Crippen molar-refractivity contribution in [2.24, 2.45) is 0 Å². The van der Waals surface area contributed by atoms with E-state index in [1.54, 1.807) is 0 Å². The van der Waals surface area contributed by atoms with Gasteiger partial charge < -0.3 is 0 Å². The molecule has 0 aliphatic rings. The Hall–Kier alpha value is -1.92. The number of rotatable bonds is 8. The zero-order valence-corrected chi connectivity index (χ0v) is 30.3. The summed E-state index contributed by atoms with van der Waals surface area (Å²) in [7, 11) is 8.26. The van der Waals surface area contributed by atoms with E-state index in [9.17, 15) is 0 Å². The molecule has 6 heteroatoms. The van der Waals surface area contributed by atoms with Gasteiger partial charge in [0, 0.05) is 0 Å². The van der Waals surface area contributed by atoms with Crippen LogP contribution in [0.3, 0.4) is 0 Å². The molecule has 228 valence electrons. The van der Waals surface area contributed by atoms with E-state index in [0.29, 0.717) is 0 Å². The zero-order valence-electron chi connectivity index (χ0n) is 23.9. The Kier molecular flexibility index (Phi) is 18.7. The average Bonchev–Trinajstić information content (AvgIpc) is 3.14. The summed E-state index contributed by atoms with van der Waals surface area (Å²) in [6.07, 6.45) is 2.09. The van der Waals surface area contributed by atoms with Crippen molar-refractivity contribution in [1.29, 1.82) is 0 Å². The minimum atomic E-state index is -0.358. The van der Waals surface area contributed by atoms with E-state index in [2.05, 4.69) is 213 Å². The minimum Gasteiger partial charge on any atom is -0.180 e. The Morgan fingerprint density at radius 2 is 0.614 bits per heavy atom. The van der Waals surface area contributed by atoms with Crippen LogP contribution in [-0.2, 0) is 48.7 Å². The van der Waals surface area contributed by atoms with Crippen LogP contribution in [0.15, 0.2) is 170 Å². The number of hydrogen-bond acceptors (Lipinski definition) is 0. The smallest absolute Gasteiger partial charge is 0.0193 e. The van der Waals surface area contributed by atoms with E-state index < -0.39 is 0 Å². The third-order valence-corrected chi connectivity index (χ3v) is 11.5. The standard InChI is InChI=1S/2C19H16P.2ClH.2Pd/c2*1-4-10-17(11-5-1)16-20(18-12-6-2-7-13-18)19-14-8-3-9-15-19;;;;/h2*1-10,12-15H,16H2;2*1H;;/q2*-1;;;2*+2/p-2.